The number of carbonyl (C=O) groups is 1. The molecular formula is C28H25BrO5. The SMILES string of the molecule is Cc1c(OCc2cc(Br)cc3c2OCOC3)ccc2c1O/C(=C\c1ccc(C(C)C)cc1)C2=O. The van der Waals surface area contributed by atoms with Crippen LogP contribution in [0.15, 0.2) is 58.8 Å². The monoisotopic (exact) mass is 520 g/mol. The van der Waals surface area contributed by atoms with Crippen molar-refractivity contribution in [2.75, 3.05) is 6.79 Å². The second-order valence-corrected chi connectivity index (χ2v) is 9.69. The number of hydrogen-bond acceptors (Lipinski definition) is 5. The van der Waals surface area contributed by atoms with Gasteiger partial charge in [0.05, 0.1) is 12.2 Å². The third-order valence-electron chi connectivity index (χ3n) is 6.07. The summed E-state index contributed by atoms with van der Waals surface area (Å²) in [6.07, 6.45) is 1.79. The van der Waals surface area contributed by atoms with E-state index in [-0.39, 0.29) is 12.6 Å². The van der Waals surface area contributed by atoms with Crippen LogP contribution in [0.5, 0.6) is 17.2 Å². The summed E-state index contributed by atoms with van der Waals surface area (Å²) in [6.45, 7) is 7.27. The molecule has 0 bridgehead atoms. The molecule has 0 N–H and O–H groups in total. The summed E-state index contributed by atoms with van der Waals surface area (Å²) in [5.41, 5.74) is 5.43. The number of rotatable bonds is 5. The van der Waals surface area contributed by atoms with Crippen LogP contribution in [0.3, 0.4) is 0 Å². The zero-order chi connectivity index (χ0) is 23.8. The van der Waals surface area contributed by atoms with Gasteiger partial charge >= 0.3 is 0 Å². The average Bonchev–Trinajstić information content (AvgIpc) is 3.14. The average molecular weight is 521 g/mol. The lowest BCUT2D eigenvalue weighted by Gasteiger charge is -2.21. The third kappa shape index (κ3) is 4.36. The Morgan fingerprint density at radius 1 is 1.09 bits per heavy atom. The maximum absolute atomic E-state index is 12.9. The maximum Gasteiger partial charge on any atom is 0.231 e. The van der Waals surface area contributed by atoms with Gasteiger partial charge in [0.15, 0.2) is 12.6 Å². The van der Waals surface area contributed by atoms with E-state index < -0.39 is 0 Å². The first-order valence-electron chi connectivity index (χ1n) is 11.2. The summed E-state index contributed by atoms with van der Waals surface area (Å²) in [4.78, 5) is 12.9. The topological polar surface area (TPSA) is 54.0 Å². The van der Waals surface area contributed by atoms with Crippen molar-refractivity contribution >= 4 is 27.8 Å². The largest absolute Gasteiger partial charge is 0.488 e. The van der Waals surface area contributed by atoms with E-state index in [1.54, 1.807) is 12.1 Å². The van der Waals surface area contributed by atoms with Gasteiger partial charge in [-0.15, -0.1) is 0 Å². The molecule has 0 aromatic heterocycles. The Morgan fingerprint density at radius 3 is 2.65 bits per heavy atom. The number of carbonyl (C=O) groups excluding carboxylic acids is 1. The van der Waals surface area contributed by atoms with E-state index in [0.29, 0.717) is 42.0 Å². The van der Waals surface area contributed by atoms with Crippen LogP contribution in [-0.4, -0.2) is 12.6 Å². The summed E-state index contributed by atoms with van der Waals surface area (Å²) >= 11 is 3.54. The molecule has 2 heterocycles. The van der Waals surface area contributed by atoms with E-state index in [4.69, 9.17) is 18.9 Å². The fraction of sp³-hybridized carbons (Fsp3) is 0.250. The number of Topliss-reactive ketones (excluding diaryl/α,β-unsaturated/α-hetero) is 1. The quantitative estimate of drug-likeness (QED) is 0.341. The van der Waals surface area contributed by atoms with E-state index in [0.717, 1.165) is 32.5 Å². The van der Waals surface area contributed by atoms with Crippen LogP contribution in [0.1, 0.15) is 57.9 Å². The number of ether oxygens (including phenoxy) is 4. The molecule has 0 aliphatic carbocycles. The van der Waals surface area contributed by atoms with Gasteiger partial charge in [-0.1, -0.05) is 54.0 Å². The molecule has 0 amide bonds. The molecule has 5 rings (SSSR count). The Balaban J connectivity index is 1.37. The number of benzene rings is 3. The first-order valence-corrected chi connectivity index (χ1v) is 12.0. The van der Waals surface area contributed by atoms with Crippen LogP contribution in [-0.2, 0) is 18.0 Å². The Bertz CT molecular complexity index is 1290. The lowest BCUT2D eigenvalue weighted by atomic mass is 10.0. The lowest BCUT2D eigenvalue weighted by molar-refractivity contribution is -0.0176. The number of allylic oxidation sites excluding steroid dienone is 1. The maximum atomic E-state index is 12.9. The molecule has 0 fully saturated rings. The highest BCUT2D eigenvalue weighted by Gasteiger charge is 2.30. The third-order valence-corrected chi connectivity index (χ3v) is 6.53. The van der Waals surface area contributed by atoms with E-state index >= 15 is 0 Å². The van der Waals surface area contributed by atoms with Crippen LogP contribution >= 0.6 is 15.9 Å². The number of fused-ring (bicyclic) bond motifs is 2. The van der Waals surface area contributed by atoms with Gasteiger partial charge in [0.25, 0.3) is 0 Å². The first-order chi connectivity index (χ1) is 16.4. The molecule has 0 radical (unpaired) electrons. The van der Waals surface area contributed by atoms with Gasteiger partial charge in [0, 0.05) is 21.2 Å². The van der Waals surface area contributed by atoms with E-state index in [2.05, 4.69) is 41.9 Å². The predicted molar refractivity (Wildman–Crippen MR) is 133 cm³/mol. The number of hydrogen-bond donors (Lipinski definition) is 0. The van der Waals surface area contributed by atoms with Gasteiger partial charge in [-0.05, 0) is 54.3 Å². The molecule has 0 unspecified atom stereocenters. The van der Waals surface area contributed by atoms with Crippen molar-refractivity contribution in [2.24, 2.45) is 0 Å². The zero-order valence-corrected chi connectivity index (χ0v) is 20.9. The number of halogens is 1. The fourth-order valence-corrected chi connectivity index (χ4v) is 4.72. The molecule has 2 aliphatic rings. The van der Waals surface area contributed by atoms with Crippen LogP contribution in [0.4, 0.5) is 0 Å². The fourth-order valence-electron chi connectivity index (χ4n) is 4.17. The molecular weight excluding hydrogens is 496 g/mol. The van der Waals surface area contributed by atoms with Crippen molar-refractivity contribution in [1.82, 2.24) is 0 Å². The van der Waals surface area contributed by atoms with Crippen LogP contribution in [0, 0.1) is 6.92 Å². The summed E-state index contributed by atoms with van der Waals surface area (Å²) in [5.74, 6) is 2.67. The molecule has 0 spiro atoms. The normalized spacial score (nSPS) is 15.7. The highest BCUT2D eigenvalue weighted by Crippen LogP contribution is 2.40. The molecule has 3 aromatic carbocycles. The molecule has 2 aliphatic heterocycles. The van der Waals surface area contributed by atoms with Crippen LogP contribution < -0.4 is 14.2 Å². The van der Waals surface area contributed by atoms with E-state index in [1.807, 2.05) is 37.3 Å². The molecule has 0 atom stereocenters. The Hall–Kier alpha value is -3.09. The van der Waals surface area contributed by atoms with Crippen molar-refractivity contribution < 1.29 is 23.7 Å². The smallest absolute Gasteiger partial charge is 0.231 e. The summed E-state index contributed by atoms with van der Waals surface area (Å²) in [7, 11) is 0. The van der Waals surface area contributed by atoms with Crippen molar-refractivity contribution in [3.8, 4) is 17.2 Å². The van der Waals surface area contributed by atoms with Crippen LogP contribution in [0.25, 0.3) is 6.08 Å². The molecule has 0 saturated carbocycles. The summed E-state index contributed by atoms with van der Waals surface area (Å²) in [5, 5.41) is 0. The highest BCUT2D eigenvalue weighted by atomic mass is 79.9. The number of ketones is 1. The van der Waals surface area contributed by atoms with E-state index in [9.17, 15) is 4.79 Å². The summed E-state index contributed by atoms with van der Waals surface area (Å²) in [6, 6.07) is 15.7. The molecule has 6 heteroatoms. The van der Waals surface area contributed by atoms with E-state index in [1.165, 1.54) is 5.56 Å². The molecule has 0 saturated heterocycles. The zero-order valence-electron chi connectivity index (χ0n) is 19.3. The summed E-state index contributed by atoms with van der Waals surface area (Å²) < 4.78 is 24.2. The minimum absolute atomic E-state index is 0.118. The Morgan fingerprint density at radius 2 is 1.88 bits per heavy atom. The van der Waals surface area contributed by atoms with Gasteiger partial charge in [-0.3, -0.25) is 4.79 Å². The molecule has 34 heavy (non-hydrogen) atoms. The highest BCUT2D eigenvalue weighted by molar-refractivity contribution is 9.10. The van der Waals surface area contributed by atoms with Gasteiger partial charge in [0.1, 0.15) is 23.9 Å². The molecule has 174 valence electrons. The predicted octanol–water partition coefficient (Wildman–Crippen LogP) is 6.94. The van der Waals surface area contributed by atoms with Crippen molar-refractivity contribution in [1.29, 1.82) is 0 Å². The second kappa shape index (κ2) is 9.28. The minimum atomic E-state index is -0.118. The second-order valence-electron chi connectivity index (χ2n) is 8.78. The van der Waals surface area contributed by atoms with Gasteiger partial charge in [0.2, 0.25) is 5.78 Å². The minimum Gasteiger partial charge on any atom is -0.488 e. The van der Waals surface area contributed by atoms with Gasteiger partial charge < -0.3 is 18.9 Å². The van der Waals surface area contributed by atoms with Crippen molar-refractivity contribution in [3.63, 3.8) is 0 Å². The first kappa shape index (κ1) is 22.7. The standard InChI is InChI=1S/C28H25BrO5/c1-16(2)19-6-4-18(5-7-19)10-25-26(30)23-8-9-24(17(3)27(23)34-25)32-14-21-12-22(29)11-20-13-31-15-33-28(20)21/h4-12,16H,13-15H2,1-3H3/b25-10-. The Kier molecular flexibility index (Phi) is 6.19. The van der Waals surface area contributed by atoms with Gasteiger partial charge in [-0.2, -0.15) is 0 Å². The Labute approximate surface area is 207 Å². The van der Waals surface area contributed by atoms with Gasteiger partial charge in [-0.25, -0.2) is 0 Å². The van der Waals surface area contributed by atoms with Crippen LogP contribution in [0.2, 0.25) is 0 Å². The molecule has 5 nitrogen and oxygen atoms in total. The lowest BCUT2D eigenvalue weighted by Crippen LogP contribution is -2.14. The molecule has 3 aromatic rings. The van der Waals surface area contributed by atoms with Crippen molar-refractivity contribution in [3.05, 3.63) is 92.1 Å². The van der Waals surface area contributed by atoms with Crippen molar-refractivity contribution in [2.45, 2.75) is 39.9 Å².